The minimum absolute atomic E-state index is 0.181. The van der Waals surface area contributed by atoms with Crippen LogP contribution in [0.2, 0.25) is 0 Å². The van der Waals surface area contributed by atoms with Crippen molar-refractivity contribution in [3.8, 4) is 0 Å². The lowest BCUT2D eigenvalue weighted by Crippen LogP contribution is -2.39. The van der Waals surface area contributed by atoms with Gasteiger partial charge in [0, 0.05) is 18.6 Å². The number of allylic oxidation sites excluding steroid dienone is 1. The highest BCUT2D eigenvalue weighted by Crippen LogP contribution is 2.06. The summed E-state index contributed by atoms with van der Waals surface area (Å²) >= 11 is 0. The Labute approximate surface area is 137 Å². The molecule has 7 nitrogen and oxygen atoms in total. The van der Waals surface area contributed by atoms with Crippen molar-refractivity contribution < 1.29 is 31.9 Å². The van der Waals surface area contributed by atoms with E-state index in [-0.39, 0.29) is 6.54 Å². The maximum Gasteiger partial charge on any atom is 0.359 e. The normalized spacial score (nSPS) is 12.3. The third-order valence-electron chi connectivity index (χ3n) is 2.45. The fraction of sp³-hybridized carbons (Fsp3) is 0.467. The van der Waals surface area contributed by atoms with Gasteiger partial charge >= 0.3 is 5.97 Å². The molecule has 0 spiro atoms. The Morgan fingerprint density at radius 3 is 2.00 bits per heavy atom. The largest absolute Gasteiger partial charge is 0.477 e. The molecule has 130 valence electrons. The number of aromatic nitrogens is 1. The van der Waals surface area contributed by atoms with Crippen LogP contribution in [0.25, 0.3) is 5.70 Å². The van der Waals surface area contributed by atoms with Gasteiger partial charge in [-0.15, -0.1) is 0 Å². The summed E-state index contributed by atoms with van der Waals surface area (Å²) in [7, 11) is 1.45. The molecule has 0 aliphatic heterocycles. The third kappa shape index (κ3) is 12.5. The van der Waals surface area contributed by atoms with E-state index in [9.17, 15) is 13.2 Å². The number of nitrogens with zero attached hydrogens (tertiary/aromatic N) is 2. The molecule has 1 rings (SSSR count). The number of rotatable bonds is 6. The van der Waals surface area contributed by atoms with E-state index in [2.05, 4.69) is 0 Å². The first-order valence-corrected chi connectivity index (χ1v) is 8.62. The molecule has 0 amide bonds. The Kier molecular flexibility index (Phi) is 8.66. The van der Waals surface area contributed by atoms with Gasteiger partial charge in [-0.2, -0.15) is 13.0 Å². The van der Waals surface area contributed by atoms with Crippen LogP contribution >= 0.6 is 0 Å². The molecule has 0 fully saturated rings. The third-order valence-corrected chi connectivity index (χ3v) is 3.02. The van der Waals surface area contributed by atoms with Crippen LogP contribution in [0.3, 0.4) is 0 Å². The number of carboxylic acids is 1. The molecule has 8 heteroatoms. The van der Waals surface area contributed by atoms with Gasteiger partial charge in [0.05, 0.1) is 21.1 Å². The van der Waals surface area contributed by atoms with E-state index in [0.717, 1.165) is 11.8 Å². The number of carbonyl (C=O) groups is 1. The number of aliphatic carboxylic acids is 1. The maximum absolute atomic E-state index is 10.8. The van der Waals surface area contributed by atoms with Gasteiger partial charge in [-0.1, -0.05) is 13.0 Å². The molecule has 2 N–H and O–H groups in total. The molecule has 1 aromatic rings. The predicted molar refractivity (Wildman–Crippen MR) is 87.9 cm³/mol. The molecule has 0 aliphatic rings. The molecule has 0 atom stereocenters. The van der Waals surface area contributed by atoms with Gasteiger partial charge < -0.3 is 9.59 Å². The fourth-order valence-corrected chi connectivity index (χ4v) is 2.26. The minimum atomic E-state index is -4.08. The summed E-state index contributed by atoms with van der Waals surface area (Å²) in [4.78, 5) is 10.00. The molecule has 0 saturated heterocycles. The average Bonchev–Trinajstić information content (AvgIpc) is 2.35. The first-order chi connectivity index (χ1) is 10.4. The predicted octanol–water partition coefficient (Wildman–Crippen LogP) is 1.24. The van der Waals surface area contributed by atoms with Crippen LogP contribution in [0.1, 0.15) is 19.8 Å². The highest BCUT2D eigenvalue weighted by atomic mass is 32.2. The second-order valence-electron chi connectivity index (χ2n) is 6.00. The van der Waals surface area contributed by atoms with Gasteiger partial charge in [-0.25, -0.2) is 4.79 Å². The van der Waals surface area contributed by atoms with Crippen LogP contribution in [0.5, 0.6) is 0 Å². The molecule has 0 radical (unpaired) electrons. The molecule has 1 aromatic heterocycles. The summed E-state index contributed by atoms with van der Waals surface area (Å²) in [6.07, 6.45) is 4.89. The molecule has 0 aliphatic carbocycles. The molecular formula is C15H26N2O5S+2. The van der Waals surface area contributed by atoms with Crippen molar-refractivity contribution in [3.05, 3.63) is 36.0 Å². The molecule has 0 bridgehead atoms. The Hall–Kier alpha value is -1.77. The maximum atomic E-state index is 10.8. The number of carboxylic acid groups (broad SMARTS) is 1. The van der Waals surface area contributed by atoms with E-state index >= 15 is 0 Å². The lowest BCUT2D eigenvalue weighted by atomic mass is 10.2. The van der Waals surface area contributed by atoms with E-state index in [0.29, 0.717) is 16.6 Å². The number of hydrogen-bond donors (Lipinski definition) is 2. The average molecular weight is 346 g/mol. The minimum Gasteiger partial charge on any atom is -0.477 e. The van der Waals surface area contributed by atoms with Gasteiger partial charge in [-0.3, -0.25) is 4.55 Å². The Morgan fingerprint density at radius 2 is 1.70 bits per heavy atom. The lowest BCUT2D eigenvalue weighted by molar-refractivity contribution is -0.862. The van der Waals surface area contributed by atoms with Gasteiger partial charge in [-0.05, 0) is 6.42 Å². The van der Waals surface area contributed by atoms with Gasteiger partial charge in [0.25, 0.3) is 10.1 Å². The molecule has 0 aromatic carbocycles. The number of likely N-dealkylation sites (N-methyl/N-ethyl adjacent to an activating group) is 1. The first kappa shape index (κ1) is 21.2. The second kappa shape index (κ2) is 9.39. The Morgan fingerprint density at radius 1 is 1.17 bits per heavy atom. The quantitative estimate of drug-likeness (QED) is 0.459. The fourth-order valence-electron chi connectivity index (χ4n) is 1.67. The Bertz CT molecular complexity index is 619. The summed E-state index contributed by atoms with van der Waals surface area (Å²) in [5.41, 5.74) is 0.556. The SMILES string of the molecule is CCC/C(=C/S(=O)(=O)O)[n+]1ccccc1.C[N+](C)(C)CC(=O)O. The van der Waals surface area contributed by atoms with Gasteiger partial charge in [0.1, 0.15) is 5.41 Å². The molecule has 1 heterocycles. The van der Waals surface area contributed by atoms with Crippen molar-refractivity contribution in [2.45, 2.75) is 19.8 Å². The highest BCUT2D eigenvalue weighted by Gasteiger charge is 2.13. The number of pyridine rings is 1. The van der Waals surface area contributed by atoms with Gasteiger partial charge in [0.15, 0.2) is 18.9 Å². The van der Waals surface area contributed by atoms with Crippen molar-refractivity contribution in [2.75, 3.05) is 27.7 Å². The van der Waals surface area contributed by atoms with E-state index in [4.69, 9.17) is 9.66 Å². The van der Waals surface area contributed by atoms with E-state index in [1.54, 1.807) is 29.1 Å². The van der Waals surface area contributed by atoms with Crippen LogP contribution < -0.4 is 4.57 Å². The van der Waals surface area contributed by atoms with Crippen molar-refractivity contribution in [3.63, 3.8) is 0 Å². The zero-order valence-electron chi connectivity index (χ0n) is 14.0. The summed E-state index contributed by atoms with van der Waals surface area (Å²) in [6.45, 7) is 2.13. The molecule has 0 saturated carbocycles. The summed E-state index contributed by atoms with van der Waals surface area (Å²) in [6, 6.07) is 5.44. The summed E-state index contributed by atoms with van der Waals surface area (Å²) in [5, 5.41) is 9.12. The van der Waals surface area contributed by atoms with Crippen LogP contribution in [-0.4, -0.2) is 56.2 Å². The van der Waals surface area contributed by atoms with Crippen molar-refractivity contribution in [1.29, 1.82) is 0 Å². The standard InChI is InChI=1S/C10H13NO3S.C5H11NO2/c1-2-6-10(9-15(12,13)14)11-7-4-3-5-8-11;1-6(2,3)4-5(7)8/h3-5,7-9H,2,6H2,1H3;4H2,1-3H3/p+2/b10-9-;. The molecular weight excluding hydrogens is 320 g/mol. The van der Waals surface area contributed by atoms with Crippen LogP contribution in [0.4, 0.5) is 0 Å². The van der Waals surface area contributed by atoms with Gasteiger partial charge in [0.2, 0.25) is 5.70 Å². The Balaban J connectivity index is 0.000000515. The zero-order valence-corrected chi connectivity index (χ0v) is 14.8. The second-order valence-corrected chi connectivity index (χ2v) is 7.26. The summed E-state index contributed by atoms with van der Waals surface area (Å²) in [5.74, 6) is -0.752. The van der Waals surface area contributed by atoms with Crippen LogP contribution in [0, 0.1) is 0 Å². The monoisotopic (exact) mass is 346 g/mol. The lowest BCUT2D eigenvalue weighted by Gasteiger charge is -2.20. The van der Waals surface area contributed by atoms with E-state index in [1.165, 1.54) is 0 Å². The number of quaternary nitrogens is 1. The molecule has 0 unspecified atom stereocenters. The summed E-state index contributed by atoms with van der Waals surface area (Å²) < 4.78 is 32.4. The van der Waals surface area contributed by atoms with E-state index in [1.807, 2.05) is 34.1 Å². The number of hydrogen-bond acceptors (Lipinski definition) is 3. The highest BCUT2D eigenvalue weighted by molar-refractivity contribution is 7.88. The zero-order chi connectivity index (χ0) is 18.1. The van der Waals surface area contributed by atoms with Crippen LogP contribution in [-0.2, 0) is 14.9 Å². The van der Waals surface area contributed by atoms with Crippen molar-refractivity contribution >= 4 is 21.8 Å². The van der Waals surface area contributed by atoms with Crippen LogP contribution in [0.15, 0.2) is 36.0 Å². The first-order valence-electron chi connectivity index (χ1n) is 7.11. The molecule has 23 heavy (non-hydrogen) atoms. The topological polar surface area (TPSA) is 95.6 Å². The smallest absolute Gasteiger partial charge is 0.359 e. The van der Waals surface area contributed by atoms with E-state index < -0.39 is 16.1 Å². The van der Waals surface area contributed by atoms with Crippen molar-refractivity contribution in [2.24, 2.45) is 0 Å². The van der Waals surface area contributed by atoms with Crippen molar-refractivity contribution in [1.82, 2.24) is 0 Å².